The van der Waals surface area contributed by atoms with Gasteiger partial charge in [0, 0.05) is 0 Å². The lowest BCUT2D eigenvalue weighted by atomic mass is 10.1. The molecule has 5 heteroatoms. The van der Waals surface area contributed by atoms with Crippen molar-refractivity contribution in [2.24, 2.45) is 10.2 Å². The first-order valence-corrected chi connectivity index (χ1v) is 6.87. The van der Waals surface area contributed by atoms with E-state index >= 15 is 0 Å². The van der Waals surface area contributed by atoms with Crippen LogP contribution in [0.3, 0.4) is 0 Å². The van der Waals surface area contributed by atoms with E-state index in [1.54, 1.807) is 24.6 Å². The van der Waals surface area contributed by atoms with Gasteiger partial charge in [-0.1, -0.05) is 31.2 Å². The Kier molecular flexibility index (Phi) is 5.77. The van der Waals surface area contributed by atoms with Gasteiger partial charge in [-0.15, -0.1) is 0 Å². The molecule has 2 rings (SSSR count). The van der Waals surface area contributed by atoms with Crippen LogP contribution in [0.1, 0.15) is 23.6 Å². The summed E-state index contributed by atoms with van der Waals surface area (Å²) in [5, 5.41) is 7.88. The minimum atomic E-state index is -2.82. The van der Waals surface area contributed by atoms with Gasteiger partial charge in [-0.2, -0.15) is 19.0 Å². The molecule has 0 saturated carbocycles. The SMILES string of the molecule is CCc1ccc(/C=N/N=C/c2ccc(OC(F)F)cc2)cc1. The predicted octanol–water partition coefficient (Wildman–Crippen LogP) is 4.30. The van der Waals surface area contributed by atoms with Crippen molar-refractivity contribution in [3.05, 3.63) is 65.2 Å². The first-order valence-electron chi connectivity index (χ1n) is 6.87. The molecule has 0 N–H and O–H groups in total. The number of alkyl halides is 2. The Balaban J connectivity index is 1.92. The fourth-order valence-corrected chi connectivity index (χ4v) is 1.77. The molecule has 0 atom stereocenters. The highest BCUT2D eigenvalue weighted by Crippen LogP contribution is 2.14. The Morgan fingerprint density at radius 3 is 1.86 bits per heavy atom. The lowest BCUT2D eigenvalue weighted by Gasteiger charge is -2.03. The maximum Gasteiger partial charge on any atom is 0.387 e. The number of aryl methyl sites for hydroxylation is 1. The van der Waals surface area contributed by atoms with E-state index in [1.165, 1.54) is 17.7 Å². The van der Waals surface area contributed by atoms with Crippen LogP contribution in [0.15, 0.2) is 58.7 Å². The molecule has 22 heavy (non-hydrogen) atoms. The van der Waals surface area contributed by atoms with Crippen LogP contribution in [0.4, 0.5) is 8.78 Å². The van der Waals surface area contributed by atoms with Crippen LogP contribution in [-0.4, -0.2) is 19.0 Å². The summed E-state index contributed by atoms with van der Waals surface area (Å²) in [5.74, 6) is 0.117. The molecular formula is C17H16F2N2O. The van der Waals surface area contributed by atoms with E-state index in [0.717, 1.165) is 17.5 Å². The average Bonchev–Trinajstić information content (AvgIpc) is 2.53. The molecule has 0 radical (unpaired) electrons. The zero-order valence-corrected chi connectivity index (χ0v) is 12.1. The van der Waals surface area contributed by atoms with Crippen LogP contribution >= 0.6 is 0 Å². The van der Waals surface area contributed by atoms with E-state index in [2.05, 4.69) is 21.9 Å². The normalized spacial score (nSPS) is 11.6. The summed E-state index contributed by atoms with van der Waals surface area (Å²) in [5.41, 5.74) is 2.99. The molecule has 2 aromatic rings. The van der Waals surface area contributed by atoms with E-state index in [4.69, 9.17) is 0 Å². The smallest absolute Gasteiger partial charge is 0.387 e. The molecule has 114 valence electrons. The number of halogens is 2. The summed E-state index contributed by atoms with van der Waals surface area (Å²) in [4.78, 5) is 0. The number of ether oxygens (including phenoxy) is 1. The number of hydrogen-bond donors (Lipinski definition) is 0. The monoisotopic (exact) mass is 302 g/mol. The largest absolute Gasteiger partial charge is 0.435 e. The molecule has 0 aromatic heterocycles. The minimum Gasteiger partial charge on any atom is -0.435 e. The molecule has 0 fully saturated rings. The highest BCUT2D eigenvalue weighted by Gasteiger charge is 2.02. The van der Waals surface area contributed by atoms with Gasteiger partial charge in [-0.05, 0) is 47.4 Å². The topological polar surface area (TPSA) is 34.0 Å². The summed E-state index contributed by atoms with van der Waals surface area (Å²) in [6.45, 7) is -0.714. The first-order chi connectivity index (χ1) is 10.7. The van der Waals surface area contributed by atoms with Crippen molar-refractivity contribution in [1.29, 1.82) is 0 Å². The minimum absolute atomic E-state index is 0.117. The van der Waals surface area contributed by atoms with Crippen LogP contribution in [0.25, 0.3) is 0 Å². The zero-order valence-electron chi connectivity index (χ0n) is 12.1. The highest BCUT2D eigenvalue weighted by atomic mass is 19.3. The highest BCUT2D eigenvalue weighted by molar-refractivity contribution is 5.82. The lowest BCUT2D eigenvalue weighted by molar-refractivity contribution is -0.0498. The summed E-state index contributed by atoms with van der Waals surface area (Å²) in [7, 11) is 0. The molecule has 0 heterocycles. The lowest BCUT2D eigenvalue weighted by Crippen LogP contribution is -2.01. The van der Waals surface area contributed by atoms with E-state index in [1.807, 2.05) is 24.3 Å². The molecule has 0 saturated heterocycles. The van der Waals surface area contributed by atoms with Crippen LogP contribution < -0.4 is 4.74 Å². The van der Waals surface area contributed by atoms with Crippen molar-refractivity contribution in [3.8, 4) is 5.75 Å². The van der Waals surface area contributed by atoms with E-state index in [0.29, 0.717) is 0 Å². The molecule has 0 spiro atoms. The third-order valence-corrected chi connectivity index (χ3v) is 2.97. The summed E-state index contributed by atoms with van der Waals surface area (Å²) >= 11 is 0. The van der Waals surface area contributed by atoms with Gasteiger partial charge in [0.1, 0.15) is 5.75 Å². The Labute approximate surface area is 128 Å². The van der Waals surface area contributed by atoms with Gasteiger partial charge in [0.05, 0.1) is 12.4 Å². The van der Waals surface area contributed by atoms with Crippen LogP contribution in [-0.2, 0) is 6.42 Å². The molecule has 0 amide bonds. The Morgan fingerprint density at radius 1 is 0.909 bits per heavy atom. The fraction of sp³-hybridized carbons (Fsp3) is 0.176. The standard InChI is InChI=1S/C17H16F2N2O/c1-2-13-3-5-14(6-4-13)11-20-21-12-15-7-9-16(10-8-15)22-17(18)19/h3-12,17H,2H2,1H3/b20-11+,21-12+. The molecule has 0 unspecified atom stereocenters. The third-order valence-electron chi connectivity index (χ3n) is 2.97. The Morgan fingerprint density at radius 2 is 1.41 bits per heavy atom. The number of rotatable bonds is 6. The van der Waals surface area contributed by atoms with Crippen molar-refractivity contribution in [1.82, 2.24) is 0 Å². The number of hydrogen-bond acceptors (Lipinski definition) is 3. The molecule has 3 nitrogen and oxygen atoms in total. The van der Waals surface area contributed by atoms with Gasteiger partial charge >= 0.3 is 6.61 Å². The Bertz CT molecular complexity index is 635. The molecule has 0 aliphatic heterocycles. The fourth-order valence-electron chi connectivity index (χ4n) is 1.77. The second-order valence-corrected chi connectivity index (χ2v) is 4.53. The van der Waals surface area contributed by atoms with Crippen molar-refractivity contribution >= 4 is 12.4 Å². The van der Waals surface area contributed by atoms with Gasteiger partial charge in [-0.3, -0.25) is 0 Å². The molecule has 2 aromatic carbocycles. The number of nitrogens with zero attached hydrogens (tertiary/aromatic N) is 2. The van der Waals surface area contributed by atoms with Gasteiger partial charge in [0.2, 0.25) is 0 Å². The van der Waals surface area contributed by atoms with Crippen molar-refractivity contribution in [3.63, 3.8) is 0 Å². The van der Waals surface area contributed by atoms with Crippen LogP contribution in [0, 0.1) is 0 Å². The molecule has 0 aliphatic rings. The van der Waals surface area contributed by atoms with Crippen molar-refractivity contribution in [2.75, 3.05) is 0 Å². The van der Waals surface area contributed by atoms with Gasteiger partial charge in [0.25, 0.3) is 0 Å². The van der Waals surface area contributed by atoms with Crippen LogP contribution in [0.5, 0.6) is 5.75 Å². The molecule has 0 bridgehead atoms. The Hall–Kier alpha value is -2.56. The summed E-state index contributed by atoms with van der Waals surface area (Å²) in [6.07, 6.45) is 4.20. The predicted molar refractivity (Wildman–Crippen MR) is 84.1 cm³/mol. The summed E-state index contributed by atoms with van der Waals surface area (Å²) < 4.78 is 28.3. The van der Waals surface area contributed by atoms with E-state index in [-0.39, 0.29) is 5.75 Å². The second-order valence-electron chi connectivity index (χ2n) is 4.53. The van der Waals surface area contributed by atoms with Gasteiger partial charge in [0.15, 0.2) is 0 Å². The van der Waals surface area contributed by atoms with E-state index in [9.17, 15) is 8.78 Å². The van der Waals surface area contributed by atoms with Gasteiger partial charge < -0.3 is 4.74 Å². The van der Waals surface area contributed by atoms with Crippen LogP contribution in [0.2, 0.25) is 0 Å². The second kappa shape index (κ2) is 8.02. The average molecular weight is 302 g/mol. The maximum absolute atomic E-state index is 12.0. The zero-order chi connectivity index (χ0) is 15.8. The van der Waals surface area contributed by atoms with Crippen molar-refractivity contribution in [2.45, 2.75) is 20.0 Å². The number of benzene rings is 2. The molecular weight excluding hydrogens is 286 g/mol. The first kappa shape index (κ1) is 15.8. The van der Waals surface area contributed by atoms with Gasteiger partial charge in [-0.25, -0.2) is 0 Å². The van der Waals surface area contributed by atoms with Crippen molar-refractivity contribution < 1.29 is 13.5 Å². The molecule has 0 aliphatic carbocycles. The van der Waals surface area contributed by atoms with E-state index < -0.39 is 6.61 Å². The quantitative estimate of drug-likeness (QED) is 0.578. The third kappa shape index (κ3) is 5.09. The maximum atomic E-state index is 12.0. The summed E-state index contributed by atoms with van der Waals surface area (Å²) in [6, 6.07) is 14.2.